The fraction of sp³-hybridized carbons (Fsp3) is 0.647. The molecule has 1 aliphatic carbocycles. The number of nitrogens with zero attached hydrogens (tertiary/aromatic N) is 1. The number of aliphatic hydroxyl groups excluding tert-OH is 1. The molecule has 1 saturated heterocycles. The van der Waals surface area contributed by atoms with Gasteiger partial charge in [0.1, 0.15) is 5.82 Å². The Kier molecular flexibility index (Phi) is 4.18. The minimum atomic E-state index is -0.182. The third-order valence-corrected chi connectivity index (χ3v) is 5.13. The smallest absolute Gasteiger partial charge is 0.123 e. The highest BCUT2D eigenvalue weighted by Crippen LogP contribution is 2.41. The molecule has 0 radical (unpaired) electrons. The summed E-state index contributed by atoms with van der Waals surface area (Å²) in [4.78, 5) is 2.33. The second-order valence-electron chi connectivity index (χ2n) is 6.46. The fourth-order valence-corrected chi connectivity index (χ4v) is 4.01. The number of halogens is 1. The molecule has 21 heavy (non-hydrogen) atoms. The minimum absolute atomic E-state index is 0.131. The van der Waals surface area contributed by atoms with Crippen molar-refractivity contribution in [1.29, 1.82) is 0 Å². The SMILES string of the molecule is CCNC(C)c1cc(F)ccc1N1CC2CCC(O)C2C1. The zero-order valence-electron chi connectivity index (χ0n) is 12.8. The molecule has 116 valence electrons. The topological polar surface area (TPSA) is 35.5 Å². The summed E-state index contributed by atoms with van der Waals surface area (Å²) in [6, 6.07) is 5.22. The van der Waals surface area contributed by atoms with E-state index in [0.29, 0.717) is 11.8 Å². The number of nitrogens with one attached hydrogen (secondary N) is 1. The molecule has 0 aromatic heterocycles. The van der Waals surface area contributed by atoms with Crippen LogP contribution in [-0.4, -0.2) is 30.8 Å². The summed E-state index contributed by atoms with van der Waals surface area (Å²) < 4.78 is 13.6. The summed E-state index contributed by atoms with van der Waals surface area (Å²) in [5.41, 5.74) is 2.14. The van der Waals surface area contributed by atoms with E-state index in [2.05, 4.69) is 24.1 Å². The summed E-state index contributed by atoms with van der Waals surface area (Å²) in [6.07, 6.45) is 1.89. The van der Waals surface area contributed by atoms with E-state index in [1.54, 1.807) is 12.1 Å². The van der Waals surface area contributed by atoms with Crippen LogP contribution in [0.25, 0.3) is 0 Å². The van der Waals surface area contributed by atoms with Crippen molar-refractivity contribution in [2.75, 3.05) is 24.5 Å². The second-order valence-corrected chi connectivity index (χ2v) is 6.46. The Morgan fingerprint density at radius 3 is 2.90 bits per heavy atom. The van der Waals surface area contributed by atoms with Gasteiger partial charge in [0.05, 0.1) is 6.10 Å². The normalized spacial score (nSPS) is 29.7. The zero-order valence-corrected chi connectivity index (χ0v) is 12.8. The van der Waals surface area contributed by atoms with E-state index >= 15 is 0 Å². The minimum Gasteiger partial charge on any atom is -0.393 e. The van der Waals surface area contributed by atoms with Crippen LogP contribution in [0.3, 0.4) is 0 Å². The van der Waals surface area contributed by atoms with Gasteiger partial charge in [-0.15, -0.1) is 0 Å². The molecule has 1 heterocycles. The molecular weight excluding hydrogens is 267 g/mol. The lowest BCUT2D eigenvalue weighted by molar-refractivity contribution is 0.133. The van der Waals surface area contributed by atoms with Gasteiger partial charge in [0.25, 0.3) is 0 Å². The third-order valence-electron chi connectivity index (χ3n) is 5.13. The summed E-state index contributed by atoms with van der Waals surface area (Å²) in [5, 5.41) is 13.4. The summed E-state index contributed by atoms with van der Waals surface area (Å²) in [7, 11) is 0. The van der Waals surface area contributed by atoms with Gasteiger partial charge in [0.15, 0.2) is 0 Å². The molecule has 1 aliphatic heterocycles. The maximum absolute atomic E-state index is 13.6. The largest absolute Gasteiger partial charge is 0.393 e. The van der Waals surface area contributed by atoms with E-state index in [1.165, 1.54) is 0 Å². The number of fused-ring (bicyclic) bond motifs is 1. The average molecular weight is 292 g/mol. The van der Waals surface area contributed by atoms with Gasteiger partial charge in [-0.3, -0.25) is 0 Å². The van der Waals surface area contributed by atoms with Crippen LogP contribution in [0.4, 0.5) is 10.1 Å². The highest BCUT2D eigenvalue weighted by Gasteiger charge is 2.42. The van der Waals surface area contributed by atoms with Gasteiger partial charge >= 0.3 is 0 Å². The number of rotatable bonds is 4. The van der Waals surface area contributed by atoms with Crippen LogP contribution in [0, 0.1) is 17.7 Å². The first kappa shape index (κ1) is 14.8. The Hall–Kier alpha value is -1.13. The average Bonchev–Trinajstić information content (AvgIpc) is 3.02. The second kappa shape index (κ2) is 5.93. The lowest BCUT2D eigenvalue weighted by Gasteiger charge is -2.26. The highest BCUT2D eigenvalue weighted by atomic mass is 19.1. The first-order valence-electron chi connectivity index (χ1n) is 8.06. The van der Waals surface area contributed by atoms with Crippen molar-refractivity contribution >= 4 is 5.69 Å². The van der Waals surface area contributed by atoms with Crippen molar-refractivity contribution in [2.24, 2.45) is 11.8 Å². The van der Waals surface area contributed by atoms with Crippen LogP contribution < -0.4 is 10.2 Å². The Morgan fingerprint density at radius 2 is 2.19 bits per heavy atom. The van der Waals surface area contributed by atoms with Crippen molar-refractivity contribution in [1.82, 2.24) is 5.32 Å². The van der Waals surface area contributed by atoms with Gasteiger partial charge < -0.3 is 15.3 Å². The maximum atomic E-state index is 13.6. The molecule has 4 heteroatoms. The Bertz CT molecular complexity index is 508. The summed E-state index contributed by atoms with van der Waals surface area (Å²) in [5.74, 6) is 0.794. The van der Waals surface area contributed by atoms with E-state index in [-0.39, 0.29) is 18.0 Å². The Morgan fingerprint density at radius 1 is 1.38 bits per heavy atom. The first-order chi connectivity index (χ1) is 10.1. The number of aliphatic hydroxyl groups is 1. The molecule has 1 aromatic carbocycles. The Labute approximate surface area is 126 Å². The predicted molar refractivity (Wildman–Crippen MR) is 82.9 cm³/mol. The molecule has 0 bridgehead atoms. The monoisotopic (exact) mass is 292 g/mol. The van der Waals surface area contributed by atoms with Crippen LogP contribution in [-0.2, 0) is 0 Å². The lowest BCUT2D eigenvalue weighted by atomic mass is 10.00. The van der Waals surface area contributed by atoms with E-state index in [0.717, 1.165) is 43.7 Å². The number of hydrogen-bond acceptors (Lipinski definition) is 3. The molecule has 0 amide bonds. The highest BCUT2D eigenvalue weighted by molar-refractivity contribution is 5.56. The standard InChI is InChI=1S/C17H25FN2O/c1-3-19-11(2)14-8-13(18)5-6-16(14)20-9-12-4-7-17(21)15(12)10-20/h5-6,8,11-12,15,17,19,21H,3-4,7,9-10H2,1-2H3. The zero-order chi connectivity index (χ0) is 15.0. The van der Waals surface area contributed by atoms with Gasteiger partial charge in [-0.25, -0.2) is 4.39 Å². The van der Waals surface area contributed by atoms with Crippen LogP contribution in [0.15, 0.2) is 18.2 Å². The van der Waals surface area contributed by atoms with Crippen LogP contribution in [0.5, 0.6) is 0 Å². The van der Waals surface area contributed by atoms with Gasteiger partial charge in [-0.1, -0.05) is 6.92 Å². The van der Waals surface area contributed by atoms with Crippen molar-refractivity contribution in [3.63, 3.8) is 0 Å². The van der Waals surface area contributed by atoms with Crippen molar-refractivity contribution in [3.8, 4) is 0 Å². The van der Waals surface area contributed by atoms with Crippen molar-refractivity contribution in [3.05, 3.63) is 29.6 Å². The summed E-state index contributed by atoms with van der Waals surface area (Å²) >= 11 is 0. The van der Waals surface area contributed by atoms with Gasteiger partial charge in [-0.2, -0.15) is 0 Å². The molecule has 4 atom stereocenters. The van der Waals surface area contributed by atoms with Crippen LogP contribution in [0.1, 0.15) is 38.3 Å². The third kappa shape index (κ3) is 2.79. The number of benzene rings is 1. The molecule has 3 nitrogen and oxygen atoms in total. The quantitative estimate of drug-likeness (QED) is 0.895. The maximum Gasteiger partial charge on any atom is 0.123 e. The number of anilines is 1. The van der Waals surface area contributed by atoms with E-state index < -0.39 is 0 Å². The predicted octanol–water partition coefficient (Wildman–Crippen LogP) is 2.70. The van der Waals surface area contributed by atoms with Gasteiger partial charge in [-0.05, 0) is 56.0 Å². The summed E-state index contributed by atoms with van der Waals surface area (Å²) in [6.45, 7) is 6.88. The molecule has 1 saturated carbocycles. The fourth-order valence-electron chi connectivity index (χ4n) is 4.01. The molecule has 2 N–H and O–H groups in total. The molecule has 3 rings (SSSR count). The van der Waals surface area contributed by atoms with Crippen LogP contribution >= 0.6 is 0 Å². The van der Waals surface area contributed by atoms with E-state index in [1.807, 2.05) is 6.07 Å². The van der Waals surface area contributed by atoms with Crippen molar-refractivity contribution in [2.45, 2.75) is 38.8 Å². The molecule has 4 unspecified atom stereocenters. The first-order valence-corrected chi connectivity index (χ1v) is 8.06. The van der Waals surface area contributed by atoms with E-state index in [4.69, 9.17) is 0 Å². The molecule has 2 fully saturated rings. The molecule has 2 aliphatic rings. The van der Waals surface area contributed by atoms with Gasteiger partial charge in [0, 0.05) is 30.7 Å². The lowest BCUT2D eigenvalue weighted by Crippen LogP contribution is -2.27. The molecule has 1 aromatic rings. The Balaban J connectivity index is 1.85. The molecular formula is C17H25FN2O. The molecule has 0 spiro atoms. The number of hydrogen-bond donors (Lipinski definition) is 2. The van der Waals surface area contributed by atoms with Crippen LogP contribution in [0.2, 0.25) is 0 Å². The van der Waals surface area contributed by atoms with E-state index in [9.17, 15) is 9.50 Å². The van der Waals surface area contributed by atoms with Gasteiger partial charge in [0.2, 0.25) is 0 Å². The van der Waals surface area contributed by atoms with Crippen molar-refractivity contribution < 1.29 is 9.50 Å².